The second kappa shape index (κ2) is 6.89. The Kier molecular flexibility index (Phi) is 5.17. The first-order valence-corrected chi connectivity index (χ1v) is 6.98. The van der Waals surface area contributed by atoms with Crippen LogP contribution in [0.2, 0.25) is 5.02 Å². The third-order valence-electron chi connectivity index (χ3n) is 3.49. The highest BCUT2D eigenvalue weighted by Gasteiger charge is 2.16. The SMILES string of the molecule is COc1ccc(C(Cc2c(F)cccc2Cl)NN)cc1C. The molecule has 0 heterocycles. The molecule has 3 N–H and O–H groups in total. The molecule has 1 unspecified atom stereocenters. The zero-order valence-electron chi connectivity index (χ0n) is 12.0. The first-order valence-electron chi connectivity index (χ1n) is 6.60. The van der Waals surface area contributed by atoms with Crippen LogP contribution in [-0.2, 0) is 6.42 Å². The number of benzene rings is 2. The maximum Gasteiger partial charge on any atom is 0.127 e. The van der Waals surface area contributed by atoms with Gasteiger partial charge in [0.1, 0.15) is 11.6 Å². The maximum atomic E-state index is 13.9. The second-order valence-electron chi connectivity index (χ2n) is 4.85. The number of hydrogen-bond donors (Lipinski definition) is 2. The average molecular weight is 309 g/mol. The van der Waals surface area contributed by atoms with E-state index in [2.05, 4.69) is 5.43 Å². The monoisotopic (exact) mass is 308 g/mol. The van der Waals surface area contributed by atoms with Crippen LogP contribution in [0.5, 0.6) is 5.75 Å². The van der Waals surface area contributed by atoms with Crippen LogP contribution in [0.15, 0.2) is 36.4 Å². The fourth-order valence-electron chi connectivity index (χ4n) is 2.32. The lowest BCUT2D eigenvalue weighted by molar-refractivity contribution is 0.411. The van der Waals surface area contributed by atoms with Gasteiger partial charge in [0.2, 0.25) is 0 Å². The normalized spacial score (nSPS) is 12.2. The van der Waals surface area contributed by atoms with E-state index in [0.717, 1.165) is 16.9 Å². The third kappa shape index (κ3) is 3.53. The van der Waals surface area contributed by atoms with Crippen molar-refractivity contribution in [3.05, 3.63) is 63.9 Å². The number of nitrogens with two attached hydrogens (primary N) is 1. The maximum absolute atomic E-state index is 13.9. The van der Waals surface area contributed by atoms with Gasteiger partial charge in [-0.3, -0.25) is 11.3 Å². The number of rotatable bonds is 5. The molecule has 0 aromatic heterocycles. The van der Waals surface area contributed by atoms with Crippen molar-refractivity contribution < 1.29 is 9.13 Å². The van der Waals surface area contributed by atoms with E-state index in [4.69, 9.17) is 22.2 Å². The number of methoxy groups -OCH3 is 1. The molecule has 2 aromatic rings. The molecule has 1 atom stereocenters. The molecule has 0 saturated carbocycles. The standard InChI is InChI=1S/C16H18ClFN2O/c1-10-8-11(6-7-16(10)21-2)15(20-19)9-12-13(17)4-3-5-14(12)18/h3-8,15,20H,9,19H2,1-2H3. The number of ether oxygens (including phenoxy) is 1. The predicted molar refractivity (Wildman–Crippen MR) is 82.9 cm³/mol. The zero-order valence-corrected chi connectivity index (χ0v) is 12.7. The largest absolute Gasteiger partial charge is 0.496 e. The average Bonchev–Trinajstić information content (AvgIpc) is 2.47. The molecule has 0 radical (unpaired) electrons. The smallest absolute Gasteiger partial charge is 0.127 e. The van der Waals surface area contributed by atoms with Crippen molar-refractivity contribution in [2.75, 3.05) is 7.11 Å². The molecule has 0 aliphatic rings. The Bertz CT molecular complexity index is 613. The fourth-order valence-corrected chi connectivity index (χ4v) is 2.56. The van der Waals surface area contributed by atoms with Crippen molar-refractivity contribution in [3.8, 4) is 5.75 Å². The first kappa shape index (κ1) is 15.8. The van der Waals surface area contributed by atoms with E-state index in [-0.39, 0.29) is 11.9 Å². The molecule has 0 saturated heterocycles. The van der Waals surface area contributed by atoms with Gasteiger partial charge in [-0.25, -0.2) is 4.39 Å². The number of halogens is 2. The van der Waals surface area contributed by atoms with Gasteiger partial charge in [-0.1, -0.05) is 29.8 Å². The number of nitrogens with one attached hydrogen (secondary N) is 1. The Morgan fingerprint density at radius 1 is 1.33 bits per heavy atom. The van der Waals surface area contributed by atoms with Gasteiger partial charge in [0.25, 0.3) is 0 Å². The summed E-state index contributed by atoms with van der Waals surface area (Å²) < 4.78 is 19.1. The van der Waals surface area contributed by atoms with Crippen molar-refractivity contribution >= 4 is 11.6 Å². The molecule has 5 heteroatoms. The molecule has 0 aliphatic heterocycles. The van der Waals surface area contributed by atoms with Crippen molar-refractivity contribution in [2.24, 2.45) is 5.84 Å². The van der Waals surface area contributed by atoms with Crippen LogP contribution in [0.4, 0.5) is 4.39 Å². The number of aryl methyl sites for hydroxylation is 1. The van der Waals surface area contributed by atoms with Crippen LogP contribution in [0.1, 0.15) is 22.7 Å². The molecule has 0 aliphatic carbocycles. The van der Waals surface area contributed by atoms with Crippen LogP contribution in [0.25, 0.3) is 0 Å². The molecule has 0 amide bonds. The van der Waals surface area contributed by atoms with Gasteiger partial charge >= 0.3 is 0 Å². The fraction of sp³-hybridized carbons (Fsp3) is 0.250. The van der Waals surface area contributed by atoms with E-state index < -0.39 is 0 Å². The topological polar surface area (TPSA) is 47.3 Å². The zero-order chi connectivity index (χ0) is 15.4. The van der Waals surface area contributed by atoms with E-state index in [0.29, 0.717) is 17.0 Å². The molecule has 112 valence electrons. The molecule has 0 spiro atoms. The quantitative estimate of drug-likeness (QED) is 0.656. The van der Waals surface area contributed by atoms with Gasteiger partial charge in [0, 0.05) is 10.6 Å². The second-order valence-corrected chi connectivity index (χ2v) is 5.26. The number of hydrazine groups is 1. The summed E-state index contributed by atoms with van der Waals surface area (Å²) in [7, 11) is 1.62. The number of hydrogen-bond acceptors (Lipinski definition) is 3. The van der Waals surface area contributed by atoms with E-state index in [1.165, 1.54) is 6.07 Å². The van der Waals surface area contributed by atoms with Crippen LogP contribution < -0.4 is 16.0 Å². The van der Waals surface area contributed by atoms with E-state index in [1.807, 2.05) is 25.1 Å². The van der Waals surface area contributed by atoms with Gasteiger partial charge in [-0.05, 0) is 42.7 Å². The van der Waals surface area contributed by atoms with Gasteiger partial charge in [0.05, 0.1) is 13.2 Å². The van der Waals surface area contributed by atoms with E-state index >= 15 is 0 Å². The van der Waals surface area contributed by atoms with Crippen molar-refractivity contribution in [2.45, 2.75) is 19.4 Å². The van der Waals surface area contributed by atoms with Gasteiger partial charge in [-0.2, -0.15) is 0 Å². The first-order chi connectivity index (χ1) is 10.1. The molecule has 2 rings (SSSR count). The van der Waals surface area contributed by atoms with Gasteiger partial charge in [-0.15, -0.1) is 0 Å². The lowest BCUT2D eigenvalue weighted by Crippen LogP contribution is -2.30. The summed E-state index contributed by atoms with van der Waals surface area (Å²) in [6.45, 7) is 1.95. The molecule has 0 fully saturated rings. The van der Waals surface area contributed by atoms with Gasteiger partial charge in [0.15, 0.2) is 0 Å². The minimum absolute atomic E-state index is 0.232. The minimum atomic E-state index is -0.326. The molecule has 2 aromatic carbocycles. The Morgan fingerprint density at radius 2 is 2.10 bits per heavy atom. The van der Waals surface area contributed by atoms with Crippen LogP contribution >= 0.6 is 11.6 Å². The van der Waals surface area contributed by atoms with Gasteiger partial charge < -0.3 is 4.74 Å². The molecule has 0 bridgehead atoms. The Hall–Kier alpha value is -1.62. The molecular weight excluding hydrogens is 291 g/mol. The van der Waals surface area contributed by atoms with Crippen LogP contribution in [-0.4, -0.2) is 7.11 Å². The third-order valence-corrected chi connectivity index (χ3v) is 3.85. The van der Waals surface area contributed by atoms with Crippen molar-refractivity contribution in [1.82, 2.24) is 5.43 Å². The highest BCUT2D eigenvalue weighted by Crippen LogP contribution is 2.28. The molecule has 21 heavy (non-hydrogen) atoms. The summed E-state index contributed by atoms with van der Waals surface area (Å²) in [6.07, 6.45) is 0.369. The Morgan fingerprint density at radius 3 is 2.67 bits per heavy atom. The minimum Gasteiger partial charge on any atom is -0.496 e. The summed E-state index contributed by atoms with van der Waals surface area (Å²) >= 11 is 6.07. The van der Waals surface area contributed by atoms with Crippen molar-refractivity contribution in [1.29, 1.82) is 0 Å². The summed E-state index contributed by atoms with van der Waals surface area (Å²) in [5.41, 5.74) is 5.12. The summed E-state index contributed by atoms with van der Waals surface area (Å²) in [6, 6.07) is 10.2. The van der Waals surface area contributed by atoms with E-state index in [1.54, 1.807) is 19.2 Å². The van der Waals surface area contributed by atoms with Crippen LogP contribution in [0, 0.1) is 12.7 Å². The molecular formula is C16H18ClFN2O. The summed E-state index contributed by atoms with van der Waals surface area (Å²) in [5, 5.41) is 0.403. The lowest BCUT2D eigenvalue weighted by atomic mass is 9.97. The molecule has 3 nitrogen and oxygen atoms in total. The van der Waals surface area contributed by atoms with Crippen molar-refractivity contribution in [3.63, 3.8) is 0 Å². The van der Waals surface area contributed by atoms with E-state index in [9.17, 15) is 4.39 Å². The predicted octanol–water partition coefficient (Wildman–Crippen LogP) is 3.54. The van der Waals surface area contributed by atoms with Crippen LogP contribution in [0.3, 0.4) is 0 Å². The lowest BCUT2D eigenvalue weighted by Gasteiger charge is -2.19. The Labute approximate surface area is 128 Å². The highest BCUT2D eigenvalue weighted by molar-refractivity contribution is 6.31. The highest BCUT2D eigenvalue weighted by atomic mass is 35.5. The summed E-state index contributed by atoms with van der Waals surface area (Å²) in [4.78, 5) is 0. The Balaban J connectivity index is 2.30. The summed E-state index contributed by atoms with van der Waals surface area (Å²) in [5.74, 6) is 6.10.